The van der Waals surface area contributed by atoms with Gasteiger partial charge < -0.3 is 0 Å². The Morgan fingerprint density at radius 1 is 0.742 bits per heavy atom. The zero-order chi connectivity index (χ0) is 20.1. The topological polar surface area (TPSA) is 43.1 Å². The number of rotatable bonds is 0. The molecule has 0 bridgehead atoms. The van der Waals surface area contributed by atoms with Gasteiger partial charge in [0.1, 0.15) is 5.52 Å². The smallest absolute Gasteiger partial charge is 0.164 e. The third kappa shape index (κ3) is 1.84. The van der Waals surface area contributed by atoms with Crippen molar-refractivity contribution in [1.29, 1.82) is 0 Å². The molecular weight excluding hydrogens is 380 g/mol. The van der Waals surface area contributed by atoms with Crippen LogP contribution in [-0.2, 0) is 12.8 Å². The molecule has 2 aromatic carbocycles. The van der Waals surface area contributed by atoms with Gasteiger partial charge in [0, 0.05) is 35.2 Å². The number of nitrogens with zero attached hydrogens (tertiary/aromatic N) is 4. The van der Waals surface area contributed by atoms with E-state index in [2.05, 4.69) is 57.9 Å². The Balaban J connectivity index is 1.59. The highest BCUT2D eigenvalue weighted by molar-refractivity contribution is 6.11. The first-order chi connectivity index (χ1) is 15.4. The van der Waals surface area contributed by atoms with E-state index in [0.29, 0.717) is 0 Å². The van der Waals surface area contributed by atoms with Gasteiger partial charge in [-0.25, -0.2) is 4.98 Å². The van der Waals surface area contributed by atoms with E-state index in [4.69, 9.17) is 9.97 Å². The summed E-state index contributed by atoms with van der Waals surface area (Å²) in [7, 11) is 0. The van der Waals surface area contributed by atoms with Crippen LogP contribution in [0.3, 0.4) is 0 Å². The lowest BCUT2D eigenvalue weighted by Gasteiger charge is -2.13. The Hall–Kier alpha value is -4.05. The van der Waals surface area contributed by atoms with Crippen LogP contribution in [0.5, 0.6) is 0 Å². The van der Waals surface area contributed by atoms with E-state index in [1.165, 1.54) is 39.1 Å². The van der Waals surface area contributed by atoms with Crippen molar-refractivity contribution in [2.45, 2.75) is 12.8 Å². The van der Waals surface area contributed by atoms with Crippen molar-refractivity contribution in [1.82, 2.24) is 19.4 Å². The van der Waals surface area contributed by atoms with Crippen LogP contribution in [0.1, 0.15) is 22.4 Å². The lowest BCUT2D eigenvalue weighted by molar-refractivity contribution is 1.16. The molecule has 0 fully saturated rings. The average molecular weight is 396 g/mol. The number of pyridine rings is 3. The Bertz CT molecular complexity index is 1740. The van der Waals surface area contributed by atoms with Crippen molar-refractivity contribution >= 4 is 27.5 Å². The molecule has 0 radical (unpaired) electrons. The summed E-state index contributed by atoms with van der Waals surface area (Å²) in [5.41, 5.74) is 13.6. The second kappa shape index (κ2) is 5.35. The minimum atomic E-state index is 0.859. The molecular formula is C27H16N4. The van der Waals surface area contributed by atoms with Gasteiger partial charge in [-0.05, 0) is 46.4 Å². The van der Waals surface area contributed by atoms with E-state index in [-0.39, 0.29) is 0 Å². The number of hydrogen-bond acceptors (Lipinski definition) is 3. The summed E-state index contributed by atoms with van der Waals surface area (Å²) in [6.07, 6.45) is 7.54. The zero-order valence-corrected chi connectivity index (χ0v) is 16.6. The quantitative estimate of drug-likeness (QED) is 0.315. The molecule has 31 heavy (non-hydrogen) atoms. The number of imidazole rings is 1. The molecule has 8 rings (SSSR count). The predicted molar refractivity (Wildman–Crippen MR) is 122 cm³/mol. The molecule has 2 aliphatic carbocycles. The first-order valence-corrected chi connectivity index (χ1v) is 10.6. The van der Waals surface area contributed by atoms with Crippen molar-refractivity contribution in [3.63, 3.8) is 0 Å². The molecule has 0 saturated heterocycles. The van der Waals surface area contributed by atoms with E-state index in [9.17, 15) is 0 Å². The van der Waals surface area contributed by atoms with Crippen LogP contribution in [-0.4, -0.2) is 19.4 Å². The summed E-state index contributed by atoms with van der Waals surface area (Å²) in [5, 5.41) is 2.28. The molecule has 0 atom stereocenters. The summed E-state index contributed by atoms with van der Waals surface area (Å²) >= 11 is 0. The lowest BCUT2D eigenvalue weighted by Crippen LogP contribution is -1.97. The molecule has 4 heteroatoms. The number of fused-ring (bicyclic) bond motifs is 14. The van der Waals surface area contributed by atoms with Gasteiger partial charge in [0.25, 0.3) is 0 Å². The monoisotopic (exact) mass is 396 g/mol. The highest BCUT2D eigenvalue weighted by Gasteiger charge is 2.33. The molecule has 0 aliphatic heterocycles. The molecule has 4 heterocycles. The summed E-state index contributed by atoms with van der Waals surface area (Å²) in [4.78, 5) is 14.3. The summed E-state index contributed by atoms with van der Waals surface area (Å²) in [6, 6.07) is 19.6. The Morgan fingerprint density at radius 3 is 2.61 bits per heavy atom. The van der Waals surface area contributed by atoms with Gasteiger partial charge in [0.05, 0.1) is 23.1 Å². The van der Waals surface area contributed by atoms with E-state index in [1.54, 1.807) is 0 Å². The first kappa shape index (κ1) is 15.7. The van der Waals surface area contributed by atoms with Crippen LogP contribution >= 0.6 is 0 Å². The highest BCUT2D eigenvalue weighted by atomic mass is 15.1. The summed E-state index contributed by atoms with van der Waals surface area (Å²) < 4.78 is 2.31. The van der Waals surface area contributed by atoms with Crippen LogP contribution < -0.4 is 0 Å². The van der Waals surface area contributed by atoms with Gasteiger partial charge >= 0.3 is 0 Å². The maximum atomic E-state index is 5.14. The molecule has 0 unspecified atom stereocenters. The van der Waals surface area contributed by atoms with Gasteiger partial charge in [0.15, 0.2) is 5.65 Å². The second-order valence-electron chi connectivity index (χ2n) is 8.50. The van der Waals surface area contributed by atoms with Crippen LogP contribution in [0, 0.1) is 0 Å². The zero-order valence-electron chi connectivity index (χ0n) is 16.6. The number of hydrogen-bond donors (Lipinski definition) is 0. The third-order valence-electron chi connectivity index (χ3n) is 6.94. The van der Waals surface area contributed by atoms with Crippen molar-refractivity contribution in [2.75, 3.05) is 0 Å². The van der Waals surface area contributed by atoms with E-state index < -0.39 is 0 Å². The fourth-order valence-electron chi connectivity index (χ4n) is 5.70. The van der Waals surface area contributed by atoms with E-state index in [1.807, 2.05) is 24.7 Å². The van der Waals surface area contributed by atoms with Crippen molar-refractivity contribution in [3.8, 4) is 22.4 Å². The fourth-order valence-corrected chi connectivity index (χ4v) is 5.70. The van der Waals surface area contributed by atoms with Gasteiger partial charge in [0.2, 0.25) is 0 Å². The molecule has 144 valence electrons. The van der Waals surface area contributed by atoms with Gasteiger partial charge in [-0.3, -0.25) is 14.4 Å². The van der Waals surface area contributed by atoms with Gasteiger partial charge in [-0.2, -0.15) is 0 Å². The van der Waals surface area contributed by atoms with E-state index in [0.717, 1.165) is 46.0 Å². The molecule has 6 aromatic rings. The van der Waals surface area contributed by atoms with Crippen molar-refractivity contribution < 1.29 is 0 Å². The minimum absolute atomic E-state index is 0.859. The Morgan fingerprint density at radius 2 is 1.65 bits per heavy atom. The minimum Gasteiger partial charge on any atom is -0.289 e. The standard InChI is InChI=1S/C27H16N4/c1-2-5-18-15(4-1)12-16-7-8-17-13-21-26(24(17)23(16)18)31-22-14-28-11-9-19(22)20-6-3-10-29-25(20)27(31)30-21/h1-11,14H,12-13H2. The molecule has 0 spiro atoms. The van der Waals surface area contributed by atoms with Crippen LogP contribution in [0.4, 0.5) is 0 Å². The van der Waals surface area contributed by atoms with Crippen LogP contribution in [0.25, 0.3) is 49.8 Å². The first-order valence-electron chi connectivity index (χ1n) is 10.6. The number of aromatic nitrogens is 4. The second-order valence-corrected chi connectivity index (χ2v) is 8.50. The highest BCUT2D eigenvalue weighted by Crippen LogP contribution is 2.50. The summed E-state index contributed by atoms with van der Waals surface area (Å²) in [6.45, 7) is 0. The molecule has 0 saturated carbocycles. The normalized spacial score (nSPS) is 13.5. The Labute approximate surface area is 177 Å². The third-order valence-corrected chi connectivity index (χ3v) is 6.94. The van der Waals surface area contributed by atoms with Crippen molar-refractivity contribution in [2.24, 2.45) is 0 Å². The molecule has 4 aromatic heterocycles. The average Bonchev–Trinajstić information content (AvgIpc) is 3.48. The van der Waals surface area contributed by atoms with Gasteiger partial charge in [-0.15, -0.1) is 0 Å². The SMILES string of the molecule is c1ccc2c(c1)Cc1ccc3c(c1-2)-c1c(nc2c4ncccc4c4ccncc4n12)C3. The Kier molecular flexibility index (Phi) is 2.72. The van der Waals surface area contributed by atoms with E-state index >= 15 is 0 Å². The summed E-state index contributed by atoms with van der Waals surface area (Å²) in [5.74, 6) is 0. The largest absolute Gasteiger partial charge is 0.289 e. The molecule has 0 amide bonds. The van der Waals surface area contributed by atoms with Crippen LogP contribution in [0.15, 0.2) is 73.2 Å². The van der Waals surface area contributed by atoms with Crippen LogP contribution in [0.2, 0.25) is 0 Å². The predicted octanol–water partition coefficient (Wildman–Crippen LogP) is 5.57. The molecule has 0 N–H and O–H groups in total. The number of benzene rings is 2. The lowest BCUT2D eigenvalue weighted by atomic mass is 9.95. The van der Waals surface area contributed by atoms with Crippen molar-refractivity contribution in [3.05, 3.63) is 95.6 Å². The molecule has 4 nitrogen and oxygen atoms in total. The van der Waals surface area contributed by atoms with Gasteiger partial charge in [-0.1, -0.05) is 42.5 Å². The maximum absolute atomic E-state index is 5.14. The molecule has 2 aliphatic rings. The fraction of sp³-hybridized carbons (Fsp3) is 0.0741. The maximum Gasteiger partial charge on any atom is 0.164 e.